The molecule has 1 aliphatic heterocycles. The fraction of sp³-hybridized carbons (Fsp3) is 0.826. The van der Waals surface area contributed by atoms with E-state index in [9.17, 15) is 14.7 Å². The smallest absolute Gasteiger partial charge is 0.334 e. The van der Waals surface area contributed by atoms with E-state index in [2.05, 4.69) is 47.3 Å². The van der Waals surface area contributed by atoms with Gasteiger partial charge in [-0.1, -0.05) is 58.2 Å². The number of carboxylic acid groups (broad SMARTS) is 1. The third-order valence-electron chi connectivity index (χ3n) is 6.98. The molecule has 1 rings (SSSR count). The highest BCUT2D eigenvalue weighted by atomic mass is 29.3. The molecule has 0 saturated carbocycles. The molecule has 1 aliphatic rings. The number of carboxylic acids is 1. The standard InChI is InChI=1S/C23H44O5Si2/c1-8-10-12-19(9-2)17-20(18-21(24)25)22(26)27-14-11-15-30(7)16-13-23(3,4)28-29(30,5)6/h18-19H,8-17H2,1-7H3,(H,24,25). The van der Waals surface area contributed by atoms with Gasteiger partial charge in [-0.25, -0.2) is 9.59 Å². The molecular weight excluding hydrogens is 412 g/mol. The Kier molecular flexibility index (Phi) is 10.5. The van der Waals surface area contributed by atoms with Gasteiger partial charge in [0.05, 0.1) is 19.8 Å². The Morgan fingerprint density at radius 3 is 2.40 bits per heavy atom. The molecule has 7 heteroatoms. The molecule has 0 spiro atoms. The Hall–Kier alpha value is -0.926. The first kappa shape index (κ1) is 27.1. The van der Waals surface area contributed by atoms with Gasteiger partial charge in [0.2, 0.25) is 0 Å². The Bertz CT molecular complexity index is 615. The number of hydrogen-bond acceptors (Lipinski definition) is 4. The molecule has 2 atom stereocenters. The summed E-state index contributed by atoms with van der Waals surface area (Å²) in [5.74, 6) is -1.22. The minimum Gasteiger partial charge on any atom is -0.478 e. The first-order valence-corrected chi connectivity index (χ1v) is 18.5. The lowest BCUT2D eigenvalue weighted by molar-refractivity contribution is -0.140. The monoisotopic (exact) mass is 456 g/mol. The molecule has 1 fully saturated rings. The van der Waals surface area contributed by atoms with E-state index < -0.39 is 27.4 Å². The quantitative estimate of drug-likeness (QED) is 0.166. The van der Waals surface area contributed by atoms with Crippen molar-refractivity contribution in [2.75, 3.05) is 6.61 Å². The van der Waals surface area contributed by atoms with Crippen LogP contribution in [0.3, 0.4) is 0 Å². The van der Waals surface area contributed by atoms with Crippen LogP contribution in [0.15, 0.2) is 11.6 Å². The van der Waals surface area contributed by atoms with Gasteiger partial charge in [-0.05, 0) is 52.1 Å². The van der Waals surface area contributed by atoms with Crippen LogP contribution in [0.25, 0.3) is 0 Å². The lowest BCUT2D eigenvalue weighted by Gasteiger charge is -2.51. The molecule has 0 aromatic heterocycles. The topological polar surface area (TPSA) is 72.8 Å². The van der Waals surface area contributed by atoms with Crippen molar-refractivity contribution in [1.82, 2.24) is 0 Å². The normalized spacial score (nSPS) is 24.3. The Balaban J connectivity index is 2.62. The van der Waals surface area contributed by atoms with Crippen molar-refractivity contribution in [3.63, 3.8) is 0 Å². The zero-order valence-electron chi connectivity index (χ0n) is 20.3. The van der Waals surface area contributed by atoms with Gasteiger partial charge in [0.25, 0.3) is 0 Å². The summed E-state index contributed by atoms with van der Waals surface area (Å²) >= 11 is 0. The SMILES string of the molecule is CCCCC(CC)CC(=CC(=O)O)C(=O)OCCC[Si]1(C)CCC(C)(C)O[Si]1(C)C. The molecule has 0 aliphatic carbocycles. The van der Waals surface area contributed by atoms with Crippen molar-refractivity contribution < 1.29 is 23.9 Å². The lowest BCUT2D eigenvalue weighted by atomic mass is 9.91. The summed E-state index contributed by atoms with van der Waals surface area (Å²) in [6.45, 7) is 16.1. The fourth-order valence-electron chi connectivity index (χ4n) is 4.49. The van der Waals surface area contributed by atoms with Crippen molar-refractivity contribution in [3.8, 4) is 0 Å². The predicted octanol–water partition coefficient (Wildman–Crippen LogP) is 6.10. The average Bonchev–Trinajstić information content (AvgIpc) is 2.63. The fourth-order valence-corrected chi connectivity index (χ4v) is 15.8. The van der Waals surface area contributed by atoms with E-state index in [-0.39, 0.29) is 5.60 Å². The van der Waals surface area contributed by atoms with Crippen molar-refractivity contribution in [2.24, 2.45) is 5.92 Å². The highest BCUT2D eigenvalue weighted by Gasteiger charge is 2.52. The first-order valence-electron chi connectivity index (χ1n) is 11.7. The van der Waals surface area contributed by atoms with E-state index in [4.69, 9.17) is 9.16 Å². The highest BCUT2D eigenvalue weighted by molar-refractivity contribution is 7.38. The number of rotatable bonds is 12. The maximum Gasteiger partial charge on any atom is 0.334 e. The average molecular weight is 457 g/mol. The van der Waals surface area contributed by atoms with Crippen LogP contribution in [0.4, 0.5) is 0 Å². The van der Waals surface area contributed by atoms with E-state index in [1.54, 1.807) is 0 Å². The second kappa shape index (κ2) is 11.6. The summed E-state index contributed by atoms with van der Waals surface area (Å²) in [7, 11) is -3.24. The van der Waals surface area contributed by atoms with Gasteiger partial charge in [-0.15, -0.1) is 0 Å². The number of aliphatic carboxylic acids is 1. The summed E-state index contributed by atoms with van der Waals surface area (Å²) in [4.78, 5) is 23.8. The maximum atomic E-state index is 12.6. The molecule has 2 unspecified atom stereocenters. The molecule has 0 radical (unpaired) electrons. The molecule has 1 saturated heterocycles. The van der Waals surface area contributed by atoms with Crippen LogP contribution in [-0.4, -0.2) is 44.7 Å². The Morgan fingerprint density at radius 1 is 1.20 bits per heavy atom. The van der Waals surface area contributed by atoms with Crippen LogP contribution in [0.5, 0.6) is 0 Å². The molecule has 0 aromatic rings. The molecule has 5 nitrogen and oxygen atoms in total. The van der Waals surface area contributed by atoms with Gasteiger partial charge in [-0.3, -0.25) is 0 Å². The highest BCUT2D eigenvalue weighted by Crippen LogP contribution is 2.41. The van der Waals surface area contributed by atoms with Gasteiger partial charge < -0.3 is 14.3 Å². The van der Waals surface area contributed by atoms with E-state index in [1.807, 2.05) is 0 Å². The maximum absolute atomic E-state index is 12.6. The van der Waals surface area contributed by atoms with Crippen molar-refractivity contribution in [2.45, 2.75) is 110 Å². The molecule has 30 heavy (non-hydrogen) atoms. The van der Waals surface area contributed by atoms with Gasteiger partial charge >= 0.3 is 11.9 Å². The van der Waals surface area contributed by atoms with Gasteiger partial charge in [-0.2, -0.15) is 0 Å². The van der Waals surface area contributed by atoms with Crippen LogP contribution >= 0.6 is 0 Å². The van der Waals surface area contributed by atoms with E-state index in [1.165, 1.54) is 6.04 Å². The Labute approximate surface area is 185 Å². The van der Waals surface area contributed by atoms with Crippen molar-refractivity contribution in [3.05, 3.63) is 11.6 Å². The number of ether oxygens (including phenoxy) is 1. The minimum atomic E-state index is -1.73. The van der Waals surface area contributed by atoms with Crippen LogP contribution in [0.1, 0.15) is 72.6 Å². The molecule has 174 valence electrons. The van der Waals surface area contributed by atoms with E-state index >= 15 is 0 Å². The largest absolute Gasteiger partial charge is 0.478 e. The van der Waals surface area contributed by atoms with Crippen LogP contribution in [0.2, 0.25) is 31.7 Å². The minimum absolute atomic E-state index is 0.0151. The molecule has 0 amide bonds. The summed E-state index contributed by atoms with van der Waals surface area (Å²) in [6.07, 6.45) is 7.60. The Morgan fingerprint density at radius 2 is 1.87 bits per heavy atom. The second-order valence-electron chi connectivity index (χ2n) is 10.3. The zero-order valence-corrected chi connectivity index (χ0v) is 22.3. The third-order valence-corrected chi connectivity index (χ3v) is 24.3. The number of unbranched alkanes of at least 4 members (excludes halogenated alkanes) is 1. The molecular formula is C23H44O5Si2. The van der Waals surface area contributed by atoms with Gasteiger partial charge in [0.1, 0.15) is 0 Å². The summed E-state index contributed by atoms with van der Waals surface area (Å²) < 4.78 is 12.1. The van der Waals surface area contributed by atoms with Crippen LogP contribution in [0, 0.1) is 5.92 Å². The third kappa shape index (κ3) is 8.31. The summed E-state index contributed by atoms with van der Waals surface area (Å²) in [5.41, 5.74) is 0.283. The van der Waals surface area contributed by atoms with Crippen molar-refractivity contribution >= 4 is 27.4 Å². The zero-order chi connectivity index (χ0) is 23.0. The summed E-state index contributed by atoms with van der Waals surface area (Å²) in [6, 6.07) is 2.37. The molecule has 1 N–H and O–H groups in total. The van der Waals surface area contributed by atoms with E-state index in [0.29, 0.717) is 24.5 Å². The number of hydrogen-bond donors (Lipinski definition) is 1. The number of carbonyl (C=O) groups excluding carboxylic acids is 1. The van der Waals surface area contributed by atoms with Crippen molar-refractivity contribution in [1.29, 1.82) is 0 Å². The van der Waals surface area contributed by atoms with Crippen LogP contribution < -0.4 is 0 Å². The number of esters is 1. The predicted molar refractivity (Wildman–Crippen MR) is 128 cm³/mol. The molecule has 1 heterocycles. The number of carbonyl (C=O) groups is 2. The molecule has 0 bridgehead atoms. The molecule has 0 aromatic carbocycles. The summed E-state index contributed by atoms with van der Waals surface area (Å²) in [5, 5.41) is 9.18. The lowest BCUT2D eigenvalue weighted by Crippen LogP contribution is -2.65. The van der Waals surface area contributed by atoms with E-state index in [0.717, 1.165) is 50.6 Å². The second-order valence-corrected chi connectivity index (χ2v) is 24.9. The first-order chi connectivity index (χ1) is 13.9. The van der Waals surface area contributed by atoms with Crippen LogP contribution in [-0.2, 0) is 18.8 Å². The van der Waals surface area contributed by atoms with Gasteiger partial charge in [0.15, 0.2) is 7.83 Å². The van der Waals surface area contributed by atoms with Gasteiger partial charge in [0, 0.05) is 11.6 Å².